The highest BCUT2D eigenvalue weighted by Crippen LogP contribution is 2.21. The molecule has 1 aromatic carbocycles. The first-order chi connectivity index (χ1) is 9.47. The molecule has 1 aromatic heterocycles. The van der Waals surface area contributed by atoms with E-state index in [-0.39, 0.29) is 0 Å². The van der Waals surface area contributed by atoms with E-state index in [1.165, 1.54) is 5.56 Å². The Balaban J connectivity index is 2.35. The lowest BCUT2D eigenvalue weighted by Crippen LogP contribution is -2.23. The van der Waals surface area contributed by atoms with E-state index in [0.29, 0.717) is 11.1 Å². The number of nitrogens with one attached hydrogen (secondary N) is 1. The maximum absolute atomic E-state index is 6.02. The van der Waals surface area contributed by atoms with Gasteiger partial charge in [0, 0.05) is 40.1 Å². The van der Waals surface area contributed by atoms with E-state index < -0.39 is 0 Å². The largest absolute Gasteiger partial charge is 0.310 e. The standard InChI is InChI=1S/C16H20ClN3/c1-10(2)18-9-15-11(3)19-16(20-12(15)4)13-6-5-7-14(17)8-13/h5-8,10,18H,9H2,1-4H3. The van der Waals surface area contributed by atoms with Crippen LogP contribution in [0.2, 0.25) is 5.02 Å². The van der Waals surface area contributed by atoms with Crippen LogP contribution in [0.3, 0.4) is 0 Å². The predicted octanol–water partition coefficient (Wildman–Crippen LogP) is 3.91. The molecule has 0 aliphatic rings. The summed E-state index contributed by atoms with van der Waals surface area (Å²) >= 11 is 6.02. The molecule has 0 fully saturated rings. The molecule has 0 aliphatic carbocycles. The molecular weight excluding hydrogens is 270 g/mol. The average molecular weight is 290 g/mol. The molecule has 2 aromatic rings. The molecule has 0 saturated carbocycles. The van der Waals surface area contributed by atoms with Crippen LogP contribution in [0.4, 0.5) is 0 Å². The molecule has 106 valence electrons. The summed E-state index contributed by atoms with van der Waals surface area (Å²) in [5.41, 5.74) is 4.15. The minimum Gasteiger partial charge on any atom is -0.310 e. The van der Waals surface area contributed by atoms with Crippen LogP contribution < -0.4 is 5.32 Å². The van der Waals surface area contributed by atoms with Crippen molar-refractivity contribution in [1.82, 2.24) is 15.3 Å². The Morgan fingerprint density at radius 2 is 1.80 bits per heavy atom. The lowest BCUT2D eigenvalue weighted by Gasteiger charge is -2.13. The number of hydrogen-bond donors (Lipinski definition) is 1. The van der Waals surface area contributed by atoms with Gasteiger partial charge in [0.2, 0.25) is 0 Å². The van der Waals surface area contributed by atoms with Gasteiger partial charge in [-0.15, -0.1) is 0 Å². The van der Waals surface area contributed by atoms with Crippen molar-refractivity contribution in [1.29, 1.82) is 0 Å². The van der Waals surface area contributed by atoms with Crippen molar-refractivity contribution in [2.24, 2.45) is 0 Å². The van der Waals surface area contributed by atoms with Crippen LogP contribution in [0.15, 0.2) is 24.3 Å². The highest BCUT2D eigenvalue weighted by molar-refractivity contribution is 6.30. The molecule has 20 heavy (non-hydrogen) atoms. The highest BCUT2D eigenvalue weighted by atomic mass is 35.5. The number of nitrogens with zero attached hydrogens (tertiary/aromatic N) is 2. The number of aryl methyl sites for hydroxylation is 2. The molecule has 3 nitrogen and oxygen atoms in total. The molecule has 0 atom stereocenters. The number of hydrogen-bond acceptors (Lipinski definition) is 3. The van der Waals surface area contributed by atoms with Crippen molar-refractivity contribution >= 4 is 11.6 Å². The first-order valence-corrected chi connectivity index (χ1v) is 7.18. The maximum atomic E-state index is 6.02. The second-order valence-electron chi connectivity index (χ2n) is 5.24. The Morgan fingerprint density at radius 3 is 2.35 bits per heavy atom. The molecule has 0 unspecified atom stereocenters. The fourth-order valence-corrected chi connectivity index (χ4v) is 2.25. The van der Waals surface area contributed by atoms with Gasteiger partial charge in [-0.1, -0.05) is 37.6 Å². The van der Waals surface area contributed by atoms with Crippen molar-refractivity contribution < 1.29 is 0 Å². The molecule has 1 N–H and O–H groups in total. The zero-order chi connectivity index (χ0) is 14.7. The number of rotatable bonds is 4. The third kappa shape index (κ3) is 3.56. The van der Waals surface area contributed by atoms with Crippen LogP contribution in [-0.4, -0.2) is 16.0 Å². The lowest BCUT2D eigenvalue weighted by atomic mass is 10.1. The SMILES string of the molecule is Cc1nc(-c2cccc(Cl)c2)nc(C)c1CNC(C)C. The topological polar surface area (TPSA) is 37.8 Å². The van der Waals surface area contributed by atoms with E-state index in [2.05, 4.69) is 29.1 Å². The van der Waals surface area contributed by atoms with E-state index in [1.54, 1.807) is 0 Å². The normalized spacial score (nSPS) is 11.1. The third-order valence-corrected chi connectivity index (χ3v) is 3.43. The Labute approximate surface area is 125 Å². The van der Waals surface area contributed by atoms with E-state index in [9.17, 15) is 0 Å². The Kier molecular flexibility index (Phi) is 4.73. The van der Waals surface area contributed by atoms with Crippen LogP contribution in [0.1, 0.15) is 30.8 Å². The third-order valence-electron chi connectivity index (χ3n) is 3.19. The molecule has 2 rings (SSSR count). The van der Waals surface area contributed by atoms with E-state index in [4.69, 9.17) is 11.6 Å². The van der Waals surface area contributed by atoms with Gasteiger partial charge in [-0.2, -0.15) is 0 Å². The van der Waals surface area contributed by atoms with Gasteiger partial charge >= 0.3 is 0 Å². The van der Waals surface area contributed by atoms with Gasteiger partial charge in [0.05, 0.1) is 0 Å². The quantitative estimate of drug-likeness (QED) is 0.927. The fraction of sp³-hybridized carbons (Fsp3) is 0.375. The average Bonchev–Trinajstić information content (AvgIpc) is 2.37. The zero-order valence-electron chi connectivity index (χ0n) is 12.4. The van der Waals surface area contributed by atoms with E-state index in [1.807, 2.05) is 38.1 Å². The van der Waals surface area contributed by atoms with Crippen molar-refractivity contribution in [3.05, 3.63) is 46.2 Å². The van der Waals surface area contributed by atoms with Crippen LogP contribution >= 0.6 is 11.6 Å². The molecular formula is C16H20ClN3. The first kappa shape index (κ1) is 14.9. The van der Waals surface area contributed by atoms with Crippen LogP contribution in [-0.2, 0) is 6.54 Å². The molecule has 1 heterocycles. The van der Waals surface area contributed by atoms with E-state index >= 15 is 0 Å². The second-order valence-corrected chi connectivity index (χ2v) is 5.68. The van der Waals surface area contributed by atoms with Crippen molar-refractivity contribution in [3.8, 4) is 11.4 Å². The smallest absolute Gasteiger partial charge is 0.159 e. The van der Waals surface area contributed by atoms with Crippen LogP contribution in [0.25, 0.3) is 11.4 Å². The molecule has 0 radical (unpaired) electrons. The molecule has 0 aliphatic heterocycles. The Bertz CT molecular complexity index is 585. The monoisotopic (exact) mass is 289 g/mol. The van der Waals surface area contributed by atoms with Gasteiger partial charge in [-0.25, -0.2) is 9.97 Å². The van der Waals surface area contributed by atoms with Gasteiger partial charge in [-0.3, -0.25) is 0 Å². The second kappa shape index (κ2) is 6.33. The van der Waals surface area contributed by atoms with Crippen molar-refractivity contribution in [3.63, 3.8) is 0 Å². The van der Waals surface area contributed by atoms with Gasteiger partial charge < -0.3 is 5.32 Å². The fourth-order valence-electron chi connectivity index (χ4n) is 2.06. The summed E-state index contributed by atoms with van der Waals surface area (Å²) in [6.45, 7) is 9.11. The Hall–Kier alpha value is -1.45. The zero-order valence-corrected chi connectivity index (χ0v) is 13.1. The van der Waals surface area contributed by atoms with Gasteiger partial charge in [0.25, 0.3) is 0 Å². The molecule has 0 saturated heterocycles. The van der Waals surface area contributed by atoms with Crippen molar-refractivity contribution in [2.75, 3.05) is 0 Å². The van der Waals surface area contributed by atoms with E-state index in [0.717, 1.165) is 29.3 Å². The first-order valence-electron chi connectivity index (χ1n) is 6.81. The molecule has 0 amide bonds. The summed E-state index contributed by atoms with van der Waals surface area (Å²) in [4.78, 5) is 9.23. The summed E-state index contributed by atoms with van der Waals surface area (Å²) < 4.78 is 0. The molecule has 4 heteroatoms. The number of benzene rings is 1. The van der Waals surface area contributed by atoms with Crippen LogP contribution in [0, 0.1) is 13.8 Å². The maximum Gasteiger partial charge on any atom is 0.159 e. The Morgan fingerprint density at radius 1 is 1.15 bits per heavy atom. The summed E-state index contributed by atoms with van der Waals surface area (Å²) in [6, 6.07) is 8.08. The molecule has 0 bridgehead atoms. The predicted molar refractivity (Wildman–Crippen MR) is 83.9 cm³/mol. The summed E-state index contributed by atoms with van der Waals surface area (Å²) in [7, 11) is 0. The summed E-state index contributed by atoms with van der Waals surface area (Å²) in [6.07, 6.45) is 0. The van der Waals surface area contributed by atoms with Gasteiger partial charge in [0.1, 0.15) is 0 Å². The van der Waals surface area contributed by atoms with Gasteiger partial charge in [0.15, 0.2) is 5.82 Å². The highest BCUT2D eigenvalue weighted by Gasteiger charge is 2.10. The minimum absolute atomic E-state index is 0.446. The summed E-state index contributed by atoms with van der Waals surface area (Å²) in [5.74, 6) is 0.732. The lowest BCUT2D eigenvalue weighted by molar-refractivity contribution is 0.583. The minimum atomic E-state index is 0.446. The van der Waals surface area contributed by atoms with Gasteiger partial charge in [-0.05, 0) is 26.0 Å². The summed E-state index contributed by atoms with van der Waals surface area (Å²) in [5, 5.41) is 4.11. The number of aromatic nitrogens is 2. The van der Waals surface area contributed by atoms with Crippen molar-refractivity contribution in [2.45, 2.75) is 40.3 Å². The molecule has 0 spiro atoms. The van der Waals surface area contributed by atoms with Crippen LogP contribution in [0.5, 0.6) is 0 Å². The number of halogens is 1.